The number of anilines is 1. The maximum absolute atomic E-state index is 13.5. The van der Waals surface area contributed by atoms with Crippen LogP contribution < -0.4 is 9.64 Å². The van der Waals surface area contributed by atoms with Crippen molar-refractivity contribution in [2.75, 3.05) is 18.6 Å². The van der Waals surface area contributed by atoms with E-state index in [1.807, 2.05) is 0 Å². The van der Waals surface area contributed by atoms with Gasteiger partial charge in [-0.3, -0.25) is 4.79 Å². The monoisotopic (exact) mass is 209 g/mol. The molecule has 0 saturated heterocycles. The zero-order valence-corrected chi connectivity index (χ0v) is 8.50. The summed E-state index contributed by atoms with van der Waals surface area (Å²) in [6.07, 6.45) is 2.17. The number of ether oxygens (including phenoxy) is 1. The fourth-order valence-electron chi connectivity index (χ4n) is 1.95. The van der Waals surface area contributed by atoms with Crippen molar-refractivity contribution >= 4 is 12.1 Å². The number of nitrogens with zero attached hydrogens (tertiary/aromatic N) is 1. The average molecular weight is 209 g/mol. The highest BCUT2D eigenvalue weighted by molar-refractivity contribution is 5.82. The molecule has 0 aromatic heterocycles. The number of methoxy groups -OCH3 is 1. The molecule has 0 unspecified atom stereocenters. The molecule has 3 nitrogen and oxygen atoms in total. The molecule has 4 heteroatoms. The molecule has 1 amide bonds. The van der Waals surface area contributed by atoms with Crippen LogP contribution in [0, 0.1) is 5.82 Å². The molecule has 2 rings (SSSR count). The van der Waals surface area contributed by atoms with Gasteiger partial charge in [-0.25, -0.2) is 4.39 Å². The third-order valence-corrected chi connectivity index (χ3v) is 2.65. The number of carbonyl (C=O) groups is 1. The van der Waals surface area contributed by atoms with Crippen molar-refractivity contribution in [2.45, 2.75) is 12.8 Å². The summed E-state index contributed by atoms with van der Waals surface area (Å²) in [5, 5.41) is 0. The van der Waals surface area contributed by atoms with Crippen LogP contribution in [0.3, 0.4) is 0 Å². The smallest absolute Gasteiger partial charge is 0.214 e. The molecule has 1 aliphatic heterocycles. The van der Waals surface area contributed by atoms with Crippen LogP contribution in [-0.2, 0) is 11.2 Å². The van der Waals surface area contributed by atoms with Crippen molar-refractivity contribution in [3.05, 3.63) is 23.5 Å². The normalized spacial score (nSPS) is 14.7. The van der Waals surface area contributed by atoms with Crippen LogP contribution in [0.1, 0.15) is 12.0 Å². The Morgan fingerprint density at radius 2 is 2.33 bits per heavy atom. The molecule has 0 radical (unpaired) electrons. The number of hydrogen-bond donors (Lipinski definition) is 0. The molecule has 80 valence electrons. The molecule has 0 spiro atoms. The fourth-order valence-corrected chi connectivity index (χ4v) is 1.95. The lowest BCUT2D eigenvalue weighted by Gasteiger charge is -2.27. The molecule has 15 heavy (non-hydrogen) atoms. The molecule has 1 aromatic rings. The molecular weight excluding hydrogens is 197 g/mol. The van der Waals surface area contributed by atoms with Gasteiger partial charge in [0.05, 0.1) is 12.8 Å². The van der Waals surface area contributed by atoms with Crippen molar-refractivity contribution in [1.82, 2.24) is 0 Å². The summed E-state index contributed by atoms with van der Waals surface area (Å²) in [5.74, 6) is 0.288. The Morgan fingerprint density at radius 3 is 3.00 bits per heavy atom. The highest BCUT2D eigenvalue weighted by Crippen LogP contribution is 2.36. The van der Waals surface area contributed by atoms with Crippen LogP contribution in [0.2, 0.25) is 0 Å². The van der Waals surface area contributed by atoms with Crippen molar-refractivity contribution in [3.63, 3.8) is 0 Å². The van der Waals surface area contributed by atoms with E-state index in [0.29, 0.717) is 30.0 Å². The molecule has 0 aliphatic carbocycles. The van der Waals surface area contributed by atoms with E-state index in [-0.39, 0.29) is 5.82 Å². The number of rotatable bonds is 2. The Bertz CT molecular complexity index is 392. The van der Waals surface area contributed by atoms with Crippen LogP contribution >= 0.6 is 0 Å². The Morgan fingerprint density at radius 1 is 1.53 bits per heavy atom. The first-order valence-corrected chi connectivity index (χ1v) is 4.85. The summed E-state index contributed by atoms with van der Waals surface area (Å²) in [6.45, 7) is 0.621. The molecule has 1 aromatic carbocycles. The summed E-state index contributed by atoms with van der Waals surface area (Å²) >= 11 is 0. The Balaban J connectivity index is 2.59. The van der Waals surface area contributed by atoms with Crippen molar-refractivity contribution in [1.29, 1.82) is 0 Å². The largest absolute Gasteiger partial charge is 0.495 e. The lowest BCUT2D eigenvalue weighted by Crippen LogP contribution is -2.28. The third-order valence-electron chi connectivity index (χ3n) is 2.65. The van der Waals surface area contributed by atoms with Crippen molar-refractivity contribution in [3.8, 4) is 5.75 Å². The van der Waals surface area contributed by atoms with Gasteiger partial charge >= 0.3 is 0 Å². The van der Waals surface area contributed by atoms with Gasteiger partial charge in [0, 0.05) is 12.1 Å². The van der Waals surface area contributed by atoms with E-state index < -0.39 is 0 Å². The topological polar surface area (TPSA) is 29.5 Å². The number of hydrogen-bond acceptors (Lipinski definition) is 2. The van der Waals surface area contributed by atoms with E-state index in [1.54, 1.807) is 6.07 Å². The Labute approximate surface area is 87.5 Å². The van der Waals surface area contributed by atoms with Gasteiger partial charge in [-0.1, -0.05) is 0 Å². The molecule has 0 saturated carbocycles. The SMILES string of the molecule is COc1ccc(F)c2c1N(C=O)CCC2. The second-order valence-corrected chi connectivity index (χ2v) is 3.48. The Hall–Kier alpha value is -1.58. The summed E-state index contributed by atoms with van der Waals surface area (Å²) in [6, 6.07) is 2.93. The van der Waals surface area contributed by atoms with Crippen LogP contribution in [0.5, 0.6) is 5.75 Å². The molecule has 0 fully saturated rings. The molecule has 1 aliphatic rings. The first-order valence-electron chi connectivity index (χ1n) is 4.85. The standard InChI is InChI=1S/C11H12FNO2/c1-15-10-5-4-9(12)8-3-2-6-13(7-14)11(8)10/h4-5,7H,2-3,6H2,1H3. The average Bonchev–Trinajstić information content (AvgIpc) is 2.29. The fraction of sp³-hybridized carbons (Fsp3) is 0.364. The van der Waals surface area contributed by atoms with Crippen LogP contribution in [0.25, 0.3) is 0 Å². The number of halogens is 1. The van der Waals surface area contributed by atoms with Crippen LogP contribution in [0.4, 0.5) is 10.1 Å². The van der Waals surface area contributed by atoms with Gasteiger partial charge in [-0.05, 0) is 25.0 Å². The summed E-state index contributed by atoms with van der Waals surface area (Å²) < 4.78 is 18.6. The summed E-state index contributed by atoms with van der Waals surface area (Å²) in [4.78, 5) is 12.4. The maximum atomic E-state index is 13.5. The second kappa shape index (κ2) is 3.88. The van der Waals surface area contributed by atoms with E-state index in [1.165, 1.54) is 18.1 Å². The van der Waals surface area contributed by atoms with Crippen LogP contribution in [0.15, 0.2) is 12.1 Å². The third kappa shape index (κ3) is 1.56. The Kier molecular flexibility index (Phi) is 2.58. The molecule has 1 heterocycles. The summed E-state index contributed by atoms with van der Waals surface area (Å²) in [7, 11) is 1.52. The minimum Gasteiger partial charge on any atom is -0.495 e. The predicted octanol–water partition coefficient (Wildman–Crippen LogP) is 1.74. The van der Waals surface area contributed by atoms with E-state index in [2.05, 4.69) is 0 Å². The molecule has 0 atom stereocenters. The van der Waals surface area contributed by atoms with Gasteiger partial charge in [-0.15, -0.1) is 0 Å². The number of carbonyl (C=O) groups excluding carboxylic acids is 1. The van der Waals surface area contributed by atoms with Gasteiger partial charge in [-0.2, -0.15) is 0 Å². The van der Waals surface area contributed by atoms with Gasteiger partial charge in [0.2, 0.25) is 6.41 Å². The number of amides is 1. The van der Waals surface area contributed by atoms with Crippen molar-refractivity contribution < 1.29 is 13.9 Å². The lowest BCUT2D eigenvalue weighted by atomic mass is 10.0. The highest BCUT2D eigenvalue weighted by atomic mass is 19.1. The zero-order valence-electron chi connectivity index (χ0n) is 8.50. The van der Waals surface area contributed by atoms with Crippen molar-refractivity contribution in [2.24, 2.45) is 0 Å². The quantitative estimate of drug-likeness (QED) is 0.694. The van der Waals surface area contributed by atoms with E-state index in [9.17, 15) is 9.18 Å². The second-order valence-electron chi connectivity index (χ2n) is 3.48. The van der Waals surface area contributed by atoms with Crippen LogP contribution in [-0.4, -0.2) is 20.1 Å². The van der Waals surface area contributed by atoms with Gasteiger partial charge in [0.15, 0.2) is 0 Å². The van der Waals surface area contributed by atoms with E-state index in [0.717, 1.165) is 12.8 Å². The zero-order chi connectivity index (χ0) is 10.8. The van der Waals surface area contributed by atoms with Gasteiger partial charge in [0.25, 0.3) is 0 Å². The van der Waals surface area contributed by atoms with Gasteiger partial charge < -0.3 is 9.64 Å². The number of fused-ring (bicyclic) bond motifs is 1. The molecule has 0 bridgehead atoms. The lowest BCUT2D eigenvalue weighted by molar-refractivity contribution is -0.107. The van der Waals surface area contributed by atoms with Gasteiger partial charge in [0.1, 0.15) is 11.6 Å². The minimum absolute atomic E-state index is 0.266. The van der Waals surface area contributed by atoms with E-state index >= 15 is 0 Å². The molecule has 0 N–H and O–H groups in total. The maximum Gasteiger partial charge on any atom is 0.214 e. The minimum atomic E-state index is -0.266. The van der Waals surface area contributed by atoms with E-state index in [4.69, 9.17) is 4.74 Å². The number of benzene rings is 1. The summed E-state index contributed by atoms with van der Waals surface area (Å²) in [5.41, 5.74) is 1.16. The first-order chi connectivity index (χ1) is 7.27. The predicted molar refractivity (Wildman–Crippen MR) is 54.7 cm³/mol. The first kappa shape index (κ1) is 9.96. The highest BCUT2D eigenvalue weighted by Gasteiger charge is 2.23. The molecular formula is C11H12FNO2.